The Labute approximate surface area is 94.4 Å². The standard InChI is InChI=1S/C13H26N2/c1-15-9-6-13(7-10-15)11-14-8-5-12-3-2-4-12/h12-14H,2-11H2,1H3. The molecule has 2 aliphatic rings. The fourth-order valence-electron chi connectivity index (χ4n) is 2.66. The van der Waals surface area contributed by atoms with Crippen LogP contribution < -0.4 is 5.32 Å². The van der Waals surface area contributed by atoms with E-state index in [0.29, 0.717) is 0 Å². The van der Waals surface area contributed by atoms with Gasteiger partial charge in [0, 0.05) is 0 Å². The Bertz CT molecular complexity index is 169. The lowest BCUT2D eigenvalue weighted by Gasteiger charge is -2.29. The molecule has 0 aromatic heterocycles. The zero-order chi connectivity index (χ0) is 10.5. The molecule has 1 heterocycles. The Kier molecular flexibility index (Phi) is 4.45. The van der Waals surface area contributed by atoms with E-state index in [2.05, 4.69) is 17.3 Å². The zero-order valence-electron chi connectivity index (χ0n) is 10.2. The number of hydrogen-bond acceptors (Lipinski definition) is 2. The fourth-order valence-corrected chi connectivity index (χ4v) is 2.66. The maximum absolute atomic E-state index is 3.65. The second kappa shape index (κ2) is 5.86. The van der Waals surface area contributed by atoms with E-state index in [-0.39, 0.29) is 0 Å². The van der Waals surface area contributed by atoms with Crippen LogP contribution in [0.1, 0.15) is 38.5 Å². The van der Waals surface area contributed by atoms with Crippen molar-refractivity contribution in [2.24, 2.45) is 11.8 Å². The topological polar surface area (TPSA) is 15.3 Å². The van der Waals surface area contributed by atoms with Gasteiger partial charge < -0.3 is 10.2 Å². The van der Waals surface area contributed by atoms with E-state index in [9.17, 15) is 0 Å². The summed E-state index contributed by atoms with van der Waals surface area (Å²) >= 11 is 0. The lowest BCUT2D eigenvalue weighted by molar-refractivity contribution is 0.213. The maximum Gasteiger partial charge on any atom is -0.00187 e. The van der Waals surface area contributed by atoms with Gasteiger partial charge in [-0.05, 0) is 64.3 Å². The van der Waals surface area contributed by atoms with Crippen LogP contribution in [0.5, 0.6) is 0 Å². The molecule has 1 aliphatic heterocycles. The molecule has 1 N–H and O–H groups in total. The van der Waals surface area contributed by atoms with E-state index in [1.165, 1.54) is 64.7 Å². The Balaban J connectivity index is 1.46. The van der Waals surface area contributed by atoms with Gasteiger partial charge in [-0.3, -0.25) is 0 Å². The average Bonchev–Trinajstić information content (AvgIpc) is 2.18. The zero-order valence-corrected chi connectivity index (χ0v) is 10.2. The van der Waals surface area contributed by atoms with Crippen molar-refractivity contribution in [3.63, 3.8) is 0 Å². The summed E-state index contributed by atoms with van der Waals surface area (Å²) in [5.41, 5.74) is 0. The molecule has 0 bridgehead atoms. The van der Waals surface area contributed by atoms with Gasteiger partial charge in [-0.25, -0.2) is 0 Å². The molecule has 0 aromatic carbocycles. The van der Waals surface area contributed by atoms with E-state index in [1.807, 2.05) is 0 Å². The summed E-state index contributed by atoms with van der Waals surface area (Å²) in [4.78, 5) is 2.45. The molecule has 2 heteroatoms. The molecular weight excluding hydrogens is 184 g/mol. The van der Waals surface area contributed by atoms with Crippen LogP contribution in [0.25, 0.3) is 0 Å². The smallest absolute Gasteiger partial charge is 0.00187 e. The average molecular weight is 210 g/mol. The van der Waals surface area contributed by atoms with Crippen LogP contribution in [0.3, 0.4) is 0 Å². The molecule has 0 unspecified atom stereocenters. The van der Waals surface area contributed by atoms with Crippen molar-refractivity contribution in [3.8, 4) is 0 Å². The Morgan fingerprint density at radius 2 is 1.80 bits per heavy atom. The third kappa shape index (κ3) is 3.76. The minimum Gasteiger partial charge on any atom is -0.316 e. The van der Waals surface area contributed by atoms with Crippen molar-refractivity contribution < 1.29 is 0 Å². The lowest BCUT2D eigenvalue weighted by atomic mass is 9.83. The van der Waals surface area contributed by atoms with Crippen LogP contribution in [-0.4, -0.2) is 38.1 Å². The van der Waals surface area contributed by atoms with Crippen LogP contribution in [0.2, 0.25) is 0 Å². The van der Waals surface area contributed by atoms with E-state index < -0.39 is 0 Å². The fraction of sp³-hybridized carbons (Fsp3) is 1.00. The first-order valence-corrected chi connectivity index (χ1v) is 6.74. The van der Waals surface area contributed by atoms with Crippen LogP contribution >= 0.6 is 0 Å². The van der Waals surface area contributed by atoms with Gasteiger partial charge in [-0.15, -0.1) is 0 Å². The molecule has 2 rings (SSSR count). The molecule has 0 spiro atoms. The van der Waals surface area contributed by atoms with Crippen LogP contribution in [0.15, 0.2) is 0 Å². The van der Waals surface area contributed by atoms with E-state index >= 15 is 0 Å². The van der Waals surface area contributed by atoms with Gasteiger partial charge in [0.2, 0.25) is 0 Å². The monoisotopic (exact) mass is 210 g/mol. The summed E-state index contributed by atoms with van der Waals surface area (Å²) in [6.07, 6.45) is 8.69. The molecule has 0 radical (unpaired) electrons. The summed E-state index contributed by atoms with van der Waals surface area (Å²) in [5, 5.41) is 3.65. The SMILES string of the molecule is CN1CCC(CNCCC2CCC2)CC1. The normalized spacial score (nSPS) is 25.4. The third-order valence-corrected chi connectivity index (χ3v) is 4.23. The van der Waals surface area contributed by atoms with E-state index in [4.69, 9.17) is 0 Å². The first-order valence-electron chi connectivity index (χ1n) is 6.74. The molecule has 1 aliphatic carbocycles. The van der Waals surface area contributed by atoms with Gasteiger partial charge in [0.25, 0.3) is 0 Å². The number of nitrogens with one attached hydrogen (secondary N) is 1. The van der Waals surface area contributed by atoms with Gasteiger partial charge in [0.1, 0.15) is 0 Å². The van der Waals surface area contributed by atoms with Gasteiger partial charge in [-0.1, -0.05) is 19.3 Å². The highest BCUT2D eigenvalue weighted by molar-refractivity contribution is 4.73. The van der Waals surface area contributed by atoms with Crippen LogP contribution in [0, 0.1) is 11.8 Å². The van der Waals surface area contributed by atoms with Gasteiger partial charge >= 0.3 is 0 Å². The highest BCUT2D eigenvalue weighted by Crippen LogP contribution is 2.28. The maximum atomic E-state index is 3.65. The molecule has 88 valence electrons. The van der Waals surface area contributed by atoms with Crippen molar-refractivity contribution in [1.82, 2.24) is 10.2 Å². The number of hydrogen-bond donors (Lipinski definition) is 1. The van der Waals surface area contributed by atoms with Crippen molar-refractivity contribution >= 4 is 0 Å². The first kappa shape index (κ1) is 11.4. The number of rotatable bonds is 5. The minimum absolute atomic E-state index is 0.947. The molecule has 0 aromatic rings. The summed E-state index contributed by atoms with van der Waals surface area (Å²) in [5.74, 6) is 2.01. The van der Waals surface area contributed by atoms with Crippen molar-refractivity contribution in [3.05, 3.63) is 0 Å². The van der Waals surface area contributed by atoms with Crippen molar-refractivity contribution in [2.75, 3.05) is 33.2 Å². The number of likely N-dealkylation sites (tertiary alicyclic amines) is 1. The molecular formula is C13H26N2. The second-order valence-corrected chi connectivity index (χ2v) is 5.54. The quantitative estimate of drug-likeness (QED) is 0.699. The molecule has 1 saturated carbocycles. The Morgan fingerprint density at radius 3 is 2.40 bits per heavy atom. The highest BCUT2D eigenvalue weighted by Gasteiger charge is 2.18. The number of nitrogens with zero attached hydrogens (tertiary/aromatic N) is 1. The molecule has 1 saturated heterocycles. The Morgan fingerprint density at radius 1 is 1.07 bits per heavy atom. The Hall–Kier alpha value is -0.0800. The predicted octanol–water partition coefficient (Wildman–Crippen LogP) is 2.11. The third-order valence-electron chi connectivity index (χ3n) is 4.23. The molecule has 0 atom stereocenters. The van der Waals surface area contributed by atoms with E-state index in [0.717, 1.165) is 11.8 Å². The molecule has 2 nitrogen and oxygen atoms in total. The van der Waals surface area contributed by atoms with Crippen molar-refractivity contribution in [1.29, 1.82) is 0 Å². The summed E-state index contributed by atoms with van der Waals surface area (Å²) in [6.45, 7) is 5.13. The van der Waals surface area contributed by atoms with Crippen LogP contribution in [-0.2, 0) is 0 Å². The molecule has 15 heavy (non-hydrogen) atoms. The molecule has 2 fully saturated rings. The van der Waals surface area contributed by atoms with Crippen molar-refractivity contribution in [2.45, 2.75) is 38.5 Å². The van der Waals surface area contributed by atoms with Gasteiger partial charge in [0.05, 0.1) is 0 Å². The van der Waals surface area contributed by atoms with Crippen LogP contribution in [0.4, 0.5) is 0 Å². The summed E-state index contributed by atoms with van der Waals surface area (Å²) < 4.78 is 0. The highest BCUT2D eigenvalue weighted by atomic mass is 15.1. The van der Waals surface area contributed by atoms with E-state index in [1.54, 1.807) is 0 Å². The molecule has 0 amide bonds. The predicted molar refractivity (Wildman–Crippen MR) is 65.0 cm³/mol. The van der Waals surface area contributed by atoms with Gasteiger partial charge in [0.15, 0.2) is 0 Å². The lowest BCUT2D eigenvalue weighted by Crippen LogP contribution is -2.35. The largest absolute Gasteiger partial charge is 0.316 e. The minimum atomic E-state index is 0.947. The number of piperidine rings is 1. The first-order chi connectivity index (χ1) is 7.34. The second-order valence-electron chi connectivity index (χ2n) is 5.54. The summed E-state index contributed by atoms with van der Waals surface area (Å²) in [7, 11) is 2.24. The van der Waals surface area contributed by atoms with Gasteiger partial charge in [-0.2, -0.15) is 0 Å². The summed E-state index contributed by atoms with van der Waals surface area (Å²) in [6, 6.07) is 0.